The quantitative estimate of drug-likeness (QED) is 0.927. The maximum atomic E-state index is 13.2. The lowest BCUT2D eigenvalue weighted by atomic mass is 9.97. The Balaban J connectivity index is 1.86. The maximum Gasteiger partial charge on any atom is 0.123 e. The van der Waals surface area contributed by atoms with Crippen LogP contribution in [-0.2, 0) is 0 Å². The Kier molecular flexibility index (Phi) is 4.32. The number of hydrogen-bond donors (Lipinski definition) is 1. The molecule has 0 spiro atoms. The SMILES string of the molecule is CN1CCC(NC(c2ccccc2)c2ccc(F)cc2)C1. The molecular weight excluding hydrogens is 263 g/mol. The lowest BCUT2D eigenvalue weighted by molar-refractivity contribution is 0.391. The Morgan fingerprint density at radius 1 is 1.05 bits per heavy atom. The predicted octanol–water partition coefficient (Wildman–Crippen LogP) is 3.21. The number of likely N-dealkylation sites (N-methyl/N-ethyl adjacent to an activating group) is 1. The van der Waals surface area contributed by atoms with Crippen LogP contribution in [0.3, 0.4) is 0 Å². The van der Waals surface area contributed by atoms with E-state index >= 15 is 0 Å². The number of benzene rings is 2. The molecule has 1 aliphatic heterocycles. The van der Waals surface area contributed by atoms with Crippen LogP contribution in [0.2, 0.25) is 0 Å². The lowest BCUT2D eigenvalue weighted by Crippen LogP contribution is -2.35. The van der Waals surface area contributed by atoms with E-state index in [4.69, 9.17) is 0 Å². The summed E-state index contributed by atoms with van der Waals surface area (Å²) in [5, 5.41) is 3.73. The number of nitrogens with zero attached hydrogens (tertiary/aromatic N) is 1. The van der Waals surface area contributed by atoms with Gasteiger partial charge in [-0.1, -0.05) is 42.5 Å². The van der Waals surface area contributed by atoms with Gasteiger partial charge in [-0.3, -0.25) is 0 Å². The first kappa shape index (κ1) is 14.2. The van der Waals surface area contributed by atoms with E-state index in [1.54, 1.807) is 0 Å². The Bertz CT molecular complexity index is 568. The van der Waals surface area contributed by atoms with Crippen LogP contribution in [0.1, 0.15) is 23.6 Å². The van der Waals surface area contributed by atoms with Crippen molar-refractivity contribution in [3.63, 3.8) is 0 Å². The molecule has 1 N–H and O–H groups in total. The molecule has 2 unspecified atom stereocenters. The summed E-state index contributed by atoms with van der Waals surface area (Å²) in [6, 6.07) is 17.8. The van der Waals surface area contributed by atoms with Gasteiger partial charge in [-0.25, -0.2) is 4.39 Å². The second-order valence-corrected chi connectivity index (χ2v) is 5.81. The van der Waals surface area contributed by atoms with E-state index in [0.29, 0.717) is 6.04 Å². The van der Waals surface area contributed by atoms with Crippen molar-refractivity contribution in [2.75, 3.05) is 20.1 Å². The number of halogens is 1. The number of nitrogens with one attached hydrogen (secondary N) is 1. The second-order valence-electron chi connectivity index (χ2n) is 5.81. The summed E-state index contributed by atoms with van der Waals surface area (Å²) < 4.78 is 13.2. The van der Waals surface area contributed by atoms with Gasteiger partial charge in [0.2, 0.25) is 0 Å². The Morgan fingerprint density at radius 2 is 1.71 bits per heavy atom. The van der Waals surface area contributed by atoms with Gasteiger partial charge in [0.25, 0.3) is 0 Å². The van der Waals surface area contributed by atoms with Gasteiger partial charge in [0.15, 0.2) is 0 Å². The average molecular weight is 284 g/mol. The van der Waals surface area contributed by atoms with Crippen molar-refractivity contribution >= 4 is 0 Å². The molecule has 2 atom stereocenters. The van der Waals surface area contributed by atoms with Crippen LogP contribution < -0.4 is 5.32 Å². The van der Waals surface area contributed by atoms with Crippen molar-refractivity contribution in [2.45, 2.75) is 18.5 Å². The van der Waals surface area contributed by atoms with Gasteiger partial charge in [0.1, 0.15) is 5.82 Å². The summed E-state index contributed by atoms with van der Waals surface area (Å²) in [5.74, 6) is -0.189. The highest BCUT2D eigenvalue weighted by Crippen LogP contribution is 2.24. The molecule has 0 saturated carbocycles. The third kappa shape index (κ3) is 3.49. The van der Waals surface area contributed by atoms with Crippen LogP contribution in [-0.4, -0.2) is 31.1 Å². The van der Waals surface area contributed by atoms with E-state index in [1.165, 1.54) is 17.7 Å². The minimum absolute atomic E-state index is 0.114. The molecule has 21 heavy (non-hydrogen) atoms. The molecule has 1 fully saturated rings. The van der Waals surface area contributed by atoms with Gasteiger partial charge in [-0.15, -0.1) is 0 Å². The highest BCUT2D eigenvalue weighted by molar-refractivity contribution is 5.32. The van der Waals surface area contributed by atoms with E-state index in [9.17, 15) is 4.39 Å². The molecule has 3 heteroatoms. The van der Waals surface area contributed by atoms with Crippen molar-refractivity contribution in [1.29, 1.82) is 0 Å². The van der Waals surface area contributed by atoms with Crippen LogP contribution in [0.15, 0.2) is 54.6 Å². The van der Waals surface area contributed by atoms with Crippen molar-refractivity contribution in [2.24, 2.45) is 0 Å². The van der Waals surface area contributed by atoms with Gasteiger partial charge in [0, 0.05) is 12.6 Å². The smallest absolute Gasteiger partial charge is 0.123 e. The molecule has 0 bridgehead atoms. The fraction of sp³-hybridized carbons (Fsp3) is 0.333. The molecule has 110 valence electrons. The predicted molar refractivity (Wildman–Crippen MR) is 83.7 cm³/mol. The maximum absolute atomic E-state index is 13.2. The van der Waals surface area contributed by atoms with Crippen molar-refractivity contribution in [3.8, 4) is 0 Å². The molecule has 0 aromatic heterocycles. The zero-order valence-electron chi connectivity index (χ0n) is 12.3. The molecule has 2 aromatic rings. The summed E-state index contributed by atoms with van der Waals surface area (Å²) in [4.78, 5) is 2.34. The van der Waals surface area contributed by atoms with E-state index in [2.05, 4.69) is 29.4 Å². The van der Waals surface area contributed by atoms with Gasteiger partial charge in [0.05, 0.1) is 6.04 Å². The fourth-order valence-corrected chi connectivity index (χ4v) is 2.99. The summed E-state index contributed by atoms with van der Waals surface area (Å²) in [7, 11) is 2.15. The highest BCUT2D eigenvalue weighted by Gasteiger charge is 2.24. The summed E-state index contributed by atoms with van der Waals surface area (Å²) in [5.41, 5.74) is 2.33. The fourth-order valence-electron chi connectivity index (χ4n) is 2.99. The van der Waals surface area contributed by atoms with Crippen LogP contribution >= 0.6 is 0 Å². The Hall–Kier alpha value is -1.71. The summed E-state index contributed by atoms with van der Waals surface area (Å²) in [6.45, 7) is 2.19. The van der Waals surface area contributed by atoms with E-state index in [0.717, 1.165) is 25.1 Å². The molecule has 0 aliphatic carbocycles. The number of hydrogen-bond acceptors (Lipinski definition) is 2. The van der Waals surface area contributed by atoms with Crippen molar-refractivity contribution in [1.82, 2.24) is 10.2 Å². The van der Waals surface area contributed by atoms with E-state index in [1.807, 2.05) is 30.3 Å². The molecule has 3 rings (SSSR count). The van der Waals surface area contributed by atoms with Gasteiger partial charge >= 0.3 is 0 Å². The Morgan fingerprint density at radius 3 is 2.33 bits per heavy atom. The second kappa shape index (κ2) is 6.37. The monoisotopic (exact) mass is 284 g/mol. The molecule has 0 radical (unpaired) electrons. The first-order valence-corrected chi connectivity index (χ1v) is 7.47. The van der Waals surface area contributed by atoms with Gasteiger partial charge in [-0.05, 0) is 43.3 Å². The summed E-state index contributed by atoms with van der Waals surface area (Å²) in [6.07, 6.45) is 1.15. The summed E-state index contributed by atoms with van der Waals surface area (Å²) >= 11 is 0. The van der Waals surface area contributed by atoms with Crippen LogP contribution in [0.25, 0.3) is 0 Å². The minimum Gasteiger partial charge on any atom is -0.305 e. The molecule has 2 aromatic carbocycles. The molecule has 2 nitrogen and oxygen atoms in total. The third-order valence-corrected chi connectivity index (χ3v) is 4.13. The molecule has 0 amide bonds. The largest absolute Gasteiger partial charge is 0.305 e. The minimum atomic E-state index is -0.189. The molecule has 1 heterocycles. The number of likely N-dealkylation sites (tertiary alicyclic amines) is 1. The van der Waals surface area contributed by atoms with E-state index in [-0.39, 0.29) is 11.9 Å². The van der Waals surface area contributed by atoms with Gasteiger partial charge in [-0.2, -0.15) is 0 Å². The van der Waals surface area contributed by atoms with Crippen molar-refractivity contribution in [3.05, 3.63) is 71.5 Å². The topological polar surface area (TPSA) is 15.3 Å². The molecular formula is C18H21FN2. The zero-order chi connectivity index (χ0) is 14.7. The highest BCUT2D eigenvalue weighted by atomic mass is 19.1. The zero-order valence-corrected chi connectivity index (χ0v) is 12.3. The molecule has 1 saturated heterocycles. The molecule has 1 aliphatic rings. The van der Waals surface area contributed by atoms with Crippen LogP contribution in [0, 0.1) is 5.82 Å². The number of rotatable bonds is 4. The van der Waals surface area contributed by atoms with E-state index < -0.39 is 0 Å². The van der Waals surface area contributed by atoms with Crippen LogP contribution in [0.5, 0.6) is 0 Å². The first-order valence-electron chi connectivity index (χ1n) is 7.47. The van der Waals surface area contributed by atoms with Crippen LogP contribution in [0.4, 0.5) is 4.39 Å². The first-order chi connectivity index (χ1) is 10.2. The standard InChI is InChI=1S/C18H21FN2/c1-21-12-11-17(13-21)20-18(14-5-3-2-4-6-14)15-7-9-16(19)10-8-15/h2-10,17-18,20H,11-13H2,1H3. The average Bonchev–Trinajstić information content (AvgIpc) is 2.92. The lowest BCUT2D eigenvalue weighted by Gasteiger charge is -2.24. The van der Waals surface area contributed by atoms with Crippen molar-refractivity contribution < 1.29 is 4.39 Å². The normalized spacial score (nSPS) is 20.6. The third-order valence-electron chi connectivity index (χ3n) is 4.13. The Labute approximate surface area is 125 Å². The van der Waals surface area contributed by atoms with Gasteiger partial charge < -0.3 is 10.2 Å².